The van der Waals surface area contributed by atoms with Gasteiger partial charge in [0.2, 0.25) is 0 Å². The summed E-state index contributed by atoms with van der Waals surface area (Å²) in [5.74, 6) is 0. The second-order valence-electron chi connectivity index (χ2n) is 7.25. The van der Waals surface area contributed by atoms with Crippen LogP contribution in [0.15, 0.2) is 48.5 Å². The van der Waals surface area contributed by atoms with Gasteiger partial charge in [-0.15, -0.1) is 0 Å². The van der Waals surface area contributed by atoms with Crippen LogP contribution in [0.5, 0.6) is 6.01 Å². The van der Waals surface area contributed by atoms with Gasteiger partial charge in [0.25, 0.3) is 6.01 Å². The van der Waals surface area contributed by atoms with Crippen molar-refractivity contribution in [1.82, 2.24) is 9.55 Å². The van der Waals surface area contributed by atoms with Crippen LogP contribution >= 0.6 is 0 Å². The number of aryl methyl sites for hydroxylation is 2. The molecule has 0 atom stereocenters. The quantitative estimate of drug-likeness (QED) is 0.519. The van der Waals surface area contributed by atoms with Gasteiger partial charge < -0.3 is 19.1 Å². The summed E-state index contributed by atoms with van der Waals surface area (Å²) in [5.41, 5.74) is 4.63. The van der Waals surface area contributed by atoms with Crippen LogP contribution in [0.3, 0.4) is 0 Å². The fourth-order valence-electron chi connectivity index (χ4n) is 3.74. The van der Waals surface area contributed by atoms with Crippen LogP contribution in [0.2, 0.25) is 0 Å². The lowest BCUT2D eigenvalue weighted by Gasteiger charge is -2.28. The van der Waals surface area contributed by atoms with Crippen molar-refractivity contribution in [3.05, 3.63) is 54.1 Å². The standard InChI is InChI=1S/C23H29N3O3/c1-27-16-17-29-23-24-21-18-20(25-12-14-28-15-13-25)9-10-22(21)26(23)11-5-8-19-6-3-2-4-7-19/h2-4,6-7,9-10,18H,5,8,11-17H2,1H3. The number of morpholine rings is 1. The van der Waals surface area contributed by atoms with Crippen LogP contribution in [-0.4, -0.2) is 56.2 Å². The molecule has 4 rings (SSSR count). The molecule has 0 radical (unpaired) electrons. The largest absolute Gasteiger partial charge is 0.462 e. The van der Waals surface area contributed by atoms with Crippen molar-refractivity contribution in [2.24, 2.45) is 0 Å². The summed E-state index contributed by atoms with van der Waals surface area (Å²) in [6, 6.07) is 17.8. The maximum Gasteiger partial charge on any atom is 0.297 e. The van der Waals surface area contributed by atoms with E-state index in [-0.39, 0.29) is 0 Å². The molecule has 0 unspecified atom stereocenters. The number of fused-ring (bicyclic) bond motifs is 1. The lowest BCUT2D eigenvalue weighted by Crippen LogP contribution is -2.36. The molecule has 29 heavy (non-hydrogen) atoms. The summed E-state index contributed by atoms with van der Waals surface area (Å²) in [4.78, 5) is 7.14. The maximum atomic E-state index is 5.94. The van der Waals surface area contributed by atoms with E-state index in [1.54, 1.807) is 7.11 Å². The Kier molecular flexibility index (Phi) is 6.64. The van der Waals surface area contributed by atoms with Crippen molar-refractivity contribution in [2.75, 3.05) is 51.5 Å². The van der Waals surface area contributed by atoms with Gasteiger partial charge in [-0.2, -0.15) is 4.98 Å². The third-order valence-corrected chi connectivity index (χ3v) is 5.28. The Hall–Kier alpha value is -2.57. The Labute approximate surface area is 172 Å². The minimum Gasteiger partial charge on any atom is -0.462 e. The highest BCUT2D eigenvalue weighted by Crippen LogP contribution is 2.27. The average molecular weight is 396 g/mol. The molecule has 2 aromatic carbocycles. The highest BCUT2D eigenvalue weighted by molar-refractivity contribution is 5.81. The van der Waals surface area contributed by atoms with Crippen LogP contribution in [0, 0.1) is 0 Å². The van der Waals surface area contributed by atoms with Gasteiger partial charge in [0, 0.05) is 32.4 Å². The van der Waals surface area contributed by atoms with Gasteiger partial charge in [0.15, 0.2) is 0 Å². The molecule has 1 fully saturated rings. The van der Waals surface area contributed by atoms with Crippen LogP contribution < -0.4 is 9.64 Å². The van der Waals surface area contributed by atoms with Gasteiger partial charge in [0.05, 0.1) is 30.9 Å². The highest BCUT2D eigenvalue weighted by atomic mass is 16.5. The predicted molar refractivity (Wildman–Crippen MR) is 115 cm³/mol. The first-order valence-corrected chi connectivity index (χ1v) is 10.3. The monoisotopic (exact) mass is 395 g/mol. The van der Waals surface area contributed by atoms with Crippen molar-refractivity contribution in [2.45, 2.75) is 19.4 Å². The van der Waals surface area contributed by atoms with Gasteiger partial charge in [-0.1, -0.05) is 30.3 Å². The number of ether oxygens (including phenoxy) is 3. The van der Waals surface area contributed by atoms with E-state index in [1.807, 2.05) is 0 Å². The van der Waals surface area contributed by atoms with Gasteiger partial charge in [-0.05, 0) is 36.6 Å². The molecule has 0 aliphatic carbocycles. The minimum absolute atomic E-state index is 0.495. The van der Waals surface area contributed by atoms with E-state index in [2.05, 4.69) is 58.0 Å². The summed E-state index contributed by atoms with van der Waals surface area (Å²) in [5, 5.41) is 0. The zero-order valence-corrected chi connectivity index (χ0v) is 17.0. The number of aromatic nitrogens is 2. The third kappa shape index (κ3) is 4.89. The molecule has 6 nitrogen and oxygen atoms in total. The molecule has 1 aromatic heterocycles. The SMILES string of the molecule is COCCOc1nc2cc(N3CCOCC3)ccc2n1CCCc1ccccc1. The lowest BCUT2D eigenvalue weighted by atomic mass is 10.1. The molecule has 0 amide bonds. The van der Waals surface area contributed by atoms with Crippen molar-refractivity contribution in [3.63, 3.8) is 0 Å². The summed E-state index contributed by atoms with van der Waals surface area (Å²) >= 11 is 0. The third-order valence-electron chi connectivity index (χ3n) is 5.28. The normalized spacial score (nSPS) is 14.4. The summed E-state index contributed by atoms with van der Waals surface area (Å²) in [6.45, 7) is 5.29. The fraction of sp³-hybridized carbons (Fsp3) is 0.435. The van der Waals surface area contributed by atoms with Gasteiger partial charge in [-0.25, -0.2) is 0 Å². The van der Waals surface area contributed by atoms with Crippen molar-refractivity contribution < 1.29 is 14.2 Å². The molecule has 154 valence electrons. The first kappa shape index (κ1) is 19.7. The number of nitrogens with zero attached hydrogens (tertiary/aromatic N) is 3. The van der Waals surface area contributed by atoms with Crippen molar-refractivity contribution in [1.29, 1.82) is 0 Å². The maximum absolute atomic E-state index is 5.94. The molecule has 2 heterocycles. The number of imidazole rings is 1. The highest BCUT2D eigenvalue weighted by Gasteiger charge is 2.16. The van der Waals surface area contributed by atoms with E-state index in [0.29, 0.717) is 19.2 Å². The second kappa shape index (κ2) is 9.76. The number of hydrogen-bond donors (Lipinski definition) is 0. The molecule has 0 N–H and O–H groups in total. The Morgan fingerprint density at radius 2 is 1.86 bits per heavy atom. The predicted octanol–water partition coefficient (Wildman–Crippen LogP) is 3.53. The zero-order chi connectivity index (χ0) is 19.9. The first-order valence-electron chi connectivity index (χ1n) is 10.3. The molecule has 1 saturated heterocycles. The van der Waals surface area contributed by atoms with E-state index in [4.69, 9.17) is 19.2 Å². The van der Waals surface area contributed by atoms with Gasteiger partial charge in [-0.3, -0.25) is 4.57 Å². The molecule has 1 aliphatic rings. The fourth-order valence-corrected chi connectivity index (χ4v) is 3.74. The smallest absolute Gasteiger partial charge is 0.297 e. The zero-order valence-electron chi connectivity index (χ0n) is 17.0. The van der Waals surface area contributed by atoms with E-state index in [0.717, 1.165) is 56.7 Å². The Bertz CT molecular complexity index is 904. The van der Waals surface area contributed by atoms with Gasteiger partial charge in [0.1, 0.15) is 6.61 Å². The molecule has 3 aromatic rings. The molecule has 0 spiro atoms. The minimum atomic E-state index is 0.495. The summed E-state index contributed by atoms with van der Waals surface area (Å²) in [7, 11) is 1.68. The Morgan fingerprint density at radius 3 is 2.66 bits per heavy atom. The van der Waals surface area contributed by atoms with E-state index in [1.165, 1.54) is 11.3 Å². The topological polar surface area (TPSA) is 48.8 Å². The number of anilines is 1. The molecule has 6 heteroatoms. The molecular weight excluding hydrogens is 366 g/mol. The van der Waals surface area contributed by atoms with Crippen LogP contribution in [-0.2, 0) is 22.4 Å². The Morgan fingerprint density at radius 1 is 1.03 bits per heavy atom. The van der Waals surface area contributed by atoms with E-state index < -0.39 is 0 Å². The lowest BCUT2D eigenvalue weighted by molar-refractivity contribution is 0.122. The summed E-state index contributed by atoms with van der Waals surface area (Å²) < 4.78 is 18.7. The first-order chi connectivity index (χ1) is 14.3. The molecule has 1 aliphatic heterocycles. The molecule has 0 saturated carbocycles. The number of rotatable bonds is 9. The summed E-state index contributed by atoms with van der Waals surface area (Å²) in [6.07, 6.45) is 2.06. The number of benzene rings is 2. The van der Waals surface area contributed by atoms with Crippen LogP contribution in [0.4, 0.5) is 5.69 Å². The second-order valence-corrected chi connectivity index (χ2v) is 7.25. The van der Waals surface area contributed by atoms with Crippen molar-refractivity contribution >= 4 is 16.7 Å². The van der Waals surface area contributed by atoms with Crippen LogP contribution in [0.25, 0.3) is 11.0 Å². The number of methoxy groups -OCH3 is 1. The Balaban J connectivity index is 1.54. The van der Waals surface area contributed by atoms with Gasteiger partial charge >= 0.3 is 0 Å². The van der Waals surface area contributed by atoms with E-state index >= 15 is 0 Å². The average Bonchev–Trinajstić information content (AvgIpc) is 3.12. The van der Waals surface area contributed by atoms with Crippen molar-refractivity contribution in [3.8, 4) is 6.01 Å². The molecular formula is C23H29N3O3. The number of hydrogen-bond acceptors (Lipinski definition) is 5. The van der Waals surface area contributed by atoms with E-state index in [9.17, 15) is 0 Å². The van der Waals surface area contributed by atoms with Crippen LogP contribution in [0.1, 0.15) is 12.0 Å². The molecule has 0 bridgehead atoms.